The minimum atomic E-state index is -0.106. The normalized spacial score (nSPS) is 25.0. The molecule has 1 aromatic heterocycles. The first-order valence-corrected chi connectivity index (χ1v) is 8.87. The molecule has 2 saturated carbocycles. The lowest BCUT2D eigenvalue weighted by Crippen LogP contribution is -2.23. The molecular formula is C16H16ClN3O2S. The third kappa shape index (κ3) is 2.93. The van der Waals surface area contributed by atoms with Crippen LogP contribution in [0.3, 0.4) is 0 Å². The van der Waals surface area contributed by atoms with Crippen molar-refractivity contribution >= 4 is 34.0 Å². The first kappa shape index (κ1) is 14.9. The molecule has 2 atom stereocenters. The van der Waals surface area contributed by atoms with Gasteiger partial charge in [0.2, 0.25) is 11.0 Å². The van der Waals surface area contributed by atoms with Gasteiger partial charge in [-0.25, -0.2) is 0 Å². The molecule has 2 aromatic rings. The van der Waals surface area contributed by atoms with E-state index in [-0.39, 0.29) is 11.3 Å². The van der Waals surface area contributed by atoms with Crippen LogP contribution in [0.1, 0.15) is 30.7 Å². The van der Waals surface area contributed by atoms with E-state index in [9.17, 15) is 4.79 Å². The number of amides is 1. The number of hydrogen-bond acceptors (Lipinski definition) is 5. The van der Waals surface area contributed by atoms with Crippen molar-refractivity contribution in [2.75, 3.05) is 5.32 Å². The van der Waals surface area contributed by atoms with Gasteiger partial charge in [0, 0.05) is 5.02 Å². The number of carbonyl (C=O) groups is 1. The fourth-order valence-electron chi connectivity index (χ4n) is 3.38. The van der Waals surface area contributed by atoms with Gasteiger partial charge in [-0.15, -0.1) is 10.2 Å². The molecule has 0 saturated heterocycles. The van der Waals surface area contributed by atoms with Crippen LogP contribution in [-0.4, -0.2) is 16.1 Å². The van der Waals surface area contributed by atoms with Crippen molar-refractivity contribution in [3.8, 4) is 5.75 Å². The van der Waals surface area contributed by atoms with Crippen LogP contribution in [0, 0.1) is 11.3 Å². The molecule has 0 spiro atoms. The minimum absolute atomic E-state index is 0.106. The summed E-state index contributed by atoms with van der Waals surface area (Å²) in [6.45, 7) is 0.322. The van der Waals surface area contributed by atoms with E-state index in [0.29, 0.717) is 22.7 Å². The van der Waals surface area contributed by atoms with Gasteiger partial charge < -0.3 is 10.1 Å². The molecule has 0 radical (unpaired) electrons. The molecule has 2 aliphatic carbocycles. The average Bonchev–Trinajstić information content (AvgIpc) is 2.91. The molecule has 7 heteroatoms. The van der Waals surface area contributed by atoms with Gasteiger partial charge in [-0.3, -0.25) is 4.79 Å². The maximum atomic E-state index is 12.4. The molecule has 2 aliphatic rings. The summed E-state index contributed by atoms with van der Waals surface area (Å²) in [5.41, 5.74) is -0.106. The number of fused-ring (bicyclic) bond motifs is 1. The Balaban J connectivity index is 1.34. The number of rotatable bonds is 5. The van der Waals surface area contributed by atoms with E-state index in [0.717, 1.165) is 30.0 Å². The Kier molecular flexibility index (Phi) is 3.73. The van der Waals surface area contributed by atoms with Crippen LogP contribution in [-0.2, 0) is 11.4 Å². The van der Waals surface area contributed by atoms with Gasteiger partial charge in [0.25, 0.3) is 0 Å². The monoisotopic (exact) mass is 349 g/mol. The highest BCUT2D eigenvalue weighted by Gasteiger charge is 2.62. The molecule has 0 unspecified atom stereocenters. The van der Waals surface area contributed by atoms with E-state index < -0.39 is 0 Å². The SMILES string of the molecule is O=C(Nc1nnc(COc2ccc(Cl)cc2)s1)[C@@]12CCC[C@@H]1C2. The van der Waals surface area contributed by atoms with Crippen molar-refractivity contribution in [1.29, 1.82) is 0 Å². The molecular weight excluding hydrogens is 334 g/mol. The molecule has 1 heterocycles. The van der Waals surface area contributed by atoms with Crippen LogP contribution in [0.4, 0.5) is 5.13 Å². The van der Waals surface area contributed by atoms with E-state index >= 15 is 0 Å². The number of halogens is 1. The van der Waals surface area contributed by atoms with Crippen molar-refractivity contribution in [2.45, 2.75) is 32.3 Å². The first-order chi connectivity index (χ1) is 11.2. The lowest BCUT2D eigenvalue weighted by molar-refractivity contribution is -0.121. The fraction of sp³-hybridized carbons (Fsp3) is 0.438. The Morgan fingerprint density at radius 2 is 2.22 bits per heavy atom. The lowest BCUT2D eigenvalue weighted by atomic mass is 10.0. The van der Waals surface area contributed by atoms with Gasteiger partial charge in [-0.1, -0.05) is 29.4 Å². The summed E-state index contributed by atoms with van der Waals surface area (Å²) in [7, 11) is 0. The summed E-state index contributed by atoms with van der Waals surface area (Å²) in [5, 5.41) is 13.0. The van der Waals surface area contributed by atoms with Crippen molar-refractivity contribution < 1.29 is 9.53 Å². The lowest BCUT2D eigenvalue weighted by Gasteiger charge is -2.09. The predicted octanol–water partition coefficient (Wildman–Crippen LogP) is 3.90. The van der Waals surface area contributed by atoms with Gasteiger partial charge >= 0.3 is 0 Å². The molecule has 120 valence electrons. The van der Waals surface area contributed by atoms with Crippen LogP contribution in [0.5, 0.6) is 5.75 Å². The molecule has 2 fully saturated rings. The summed E-state index contributed by atoms with van der Waals surface area (Å²) in [4.78, 5) is 12.4. The van der Waals surface area contributed by atoms with E-state index in [1.807, 2.05) is 0 Å². The predicted molar refractivity (Wildman–Crippen MR) is 88.7 cm³/mol. The standard InChI is InChI=1S/C16H16ClN3O2S/c17-11-3-5-12(6-4-11)22-9-13-19-20-15(23-13)18-14(21)16-7-1-2-10(16)8-16/h3-6,10H,1-2,7-9H2,(H,18,20,21)/t10-,16-/m1/s1. The van der Waals surface area contributed by atoms with E-state index in [4.69, 9.17) is 16.3 Å². The highest BCUT2D eigenvalue weighted by molar-refractivity contribution is 7.15. The Morgan fingerprint density at radius 1 is 1.39 bits per heavy atom. The molecule has 1 N–H and O–H groups in total. The Morgan fingerprint density at radius 3 is 2.91 bits per heavy atom. The topological polar surface area (TPSA) is 64.1 Å². The van der Waals surface area contributed by atoms with Gasteiger partial charge in [0.1, 0.15) is 12.4 Å². The Labute approximate surface area is 143 Å². The molecule has 23 heavy (non-hydrogen) atoms. The van der Waals surface area contributed by atoms with Crippen molar-refractivity contribution in [3.05, 3.63) is 34.3 Å². The largest absolute Gasteiger partial charge is 0.486 e. The van der Waals surface area contributed by atoms with Gasteiger partial charge in [-0.05, 0) is 49.4 Å². The highest BCUT2D eigenvalue weighted by atomic mass is 35.5. The molecule has 0 bridgehead atoms. The summed E-state index contributed by atoms with van der Waals surface area (Å²) in [6.07, 6.45) is 4.39. The average molecular weight is 350 g/mol. The maximum absolute atomic E-state index is 12.4. The second-order valence-electron chi connectivity index (χ2n) is 6.15. The zero-order chi connectivity index (χ0) is 15.9. The number of benzene rings is 1. The Bertz CT molecular complexity index is 733. The zero-order valence-electron chi connectivity index (χ0n) is 12.4. The number of carbonyl (C=O) groups excluding carboxylic acids is 1. The third-order valence-corrected chi connectivity index (χ3v) is 5.79. The van der Waals surface area contributed by atoms with Crippen LogP contribution >= 0.6 is 22.9 Å². The summed E-state index contributed by atoms with van der Waals surface area (Å²) < 4.78 is 5.63. The van der Waals surface area contributed by atoms with Crippen LogP contribution in [0.25, 0.3) is 0 Å². The van der Waals surface area contributed by atoms with Crippen molar-refractivity contribution in [1.82, 2.24) is 10.2 Å². The number of aromatic nitrogens is 2. The molecule has 4 rings (SSSR count). The smallest absolute Gasteiger partial charge is 0.232 e. The van der Waals surface area contributed by atoms with Gasteiger partial charge in [-0.2, -0.15) is 0 Å². The number of ether oxygens (including phenoxy) is 1. The van der Waals surface area contributed by atoms with Crippen molar-refractivity contribution in [3.63, 3.8) is 0 Å². The first-order valence-electron chi connectivity index (χ1n) is 7.68. The summed E-state index contributed by atoms with van der Waals surface area (Å²) in [5.74, 6) is 1.42. The molecule has 5 nitrogen and oxygen atoms in total. The maximum Gasteiger partial charge on any atom is 0.232 e. The molecule has 1 aromatic carbocycles. The number of nitrogens with one attached hydrogen (secondary N) is 1. The zero-order valence-corrected chi connectivity index (χ0v) is 14.0. The molecule has 0 aliphatic heterocycles. The van der Waals surface area contributed by atoms with Crippen LogP contribution < -0.4 is 10.1 Å². The quantitative estimate of drug-likeness (QED) is 0.889. The minimum Gasteiger partial charge on any atom is -0.486 e. The second kappa shape index (κ2) is 5.76. The number of anilines is 1. The highest BCUT2D eigenvalue weighted by Crippen LogP contribution is 2.63. The van der Waals surface area contributed by atoms with Crippen molar-refractivity contribution in [2.24, 2.45) is 11.3 Å². The Hall–Kier alpha value is -1.66. The van der Waals surface area contributed by atoms with Crippen LogP contribution in [0.2, 0.25) is 5.02 Å². The van der Waals surface area contributed by atoms with E-state index in [1.54, 1.807) is 24.3 Å². The third-order valence-electron chi connectivity index (χ3n) is 4.72. The fourth-order valence-corrected chi connectivity index (χ4v) is 4.15. The van der Waals surface area contributed by atoms with E-state index in [1.165, 1.54) is 17.8 Å². The second-order valence-corrected chi connectivity index (χ2v) is 7.65. The van der Waals surface area contributed by atoms with E-state index in [2.05, 4.69) is 15.5 Å². The number of nitrogens with zero attached hydrogens (tertiary/aromatic N) is 2. The summed E-state index contributed by atoms with van der Waals surface area (Å²) in [6, 6.07) is 7.16. The van der Waals surface area contributed by atoms with Gasteiger partial charge in [0.15, 0.2) is 5.01 Å². The molecule has 1 amide bonds. The number of hydrogen-bond donors (Lipinski definition) is 1. The van der Waals surface area contributed by atoms with Gasteiger partial charge in [0.05, 0.1) is 5.41 Å². The van der Waals surface area contributed by atoms with Crippen LogP contribution in [0.15, 0.2) is 24.3 Å². The summed E-state index contributed by atoms with van der Waals surface area (Å²) >= 11 is 7.19.